The van der Waals surface area contributed by atoms with Crippen molar-refractivity contribution in [1.82, 2.24) is 15.1 Å². The molecule has 1 aliphatic carbocycles. The number of aliphatic imine (C=N–C) groups is 1. The Labute approximate surface area is 156 Å². The smallest absolute Gasteiger partial charge is 0.242 e. The Kier molecular flexibility index (Phi) is 6.50. The number of hydrogen-bond donors (Lipinski definition) is 1. The van der Waals surface area contributed by atoms with Gasteiger partial charge in [-0.1, -0.05) is 24.3 Å². The highest BCUT2D eigenvalue weighted by Gasteiger charge is 2.22. The Bertz CT molecular complexity index is 642. The molecule has 0 atom stereocenters. The second kappa shape index (κ2) is 9.03. The van der Waals surface area contributed by atoms with E-state index in [1.165, 1.54) is 24.0 Å². The molecule has 0 unspecified atom stereocenters. The van der Waals surface area contributed by atoms with Gasteiger partial charge in [0.1, 0.15) is 0 Å². The molecular weight excluding hydrogens is 328 g/mol. The minimum absolute atomic E-state index is 0.110. The van der Waals surface area contributed by atoms with Crippen LogP contribution in [-0.4, -0.2) is 68.6 Å². The number of ether oxygens (including phenoxy) is 1. The van der Waals surface area contributed by atoms with E-state index in [1.54, 1.807) is 7.05 Å². The SMILES string of the molecule is CN=C(NCC(=O)N1CCc2ccccc2C1)N(C)CCOCC1CC1. The van der Waals surface area contributed by atoms with Crippen molar-refractivity contribution in [2.45, 2.75) is 25.8 Å². The fraction of sp³-hybridized carbons (Fsp3) is 0.600. The monoisotopic (exact) mass is 358 g/mol. The van der Waals surface area contributed by atoms with Crippen molar-refractivity contribution in [1.29, 1.82) is 0 Å². The Morgan fingerprint density at radius 3 is 2.85 bits per heavy atom. The lowest BCUT2D eigenvalue weighted by molar-refractivity contribution is -0.130. The van der Waals surface area contributed by atoms with Crippen LogP contribution < -0.4 is 5.32 Å². The van der Waals surface area contributed by atoms with E-state index in [4.69, 9.17) is 4.74 Å². The molecule has 1 amide bonds. The highest BCUT2D eigenvalue weighted by atomic mass is 16.5. The summed E-state index contributed by atoms with van der Waals surface area (Å²) in [5.41, 5.74) is 2.60. The lowest BCUT2D eigenvalue weighted by Gasteiger charge is -2.29. The van der Waals surface area contributed by atoms with E-state index in [2.05, 4.69) is 28.5 Å². The molecule has 1 saturated carbocycles. The maximum atomic E-state index is 12.6. The summed E-state index contributed by atoms with van der Waals surface area (Å²) in [4.78, 5) is 20.8. The zero-order valence-electron chi connectivity index (χ0n) is 15.9. The predicted molar refractivity (Wildman–Crippen MR) is 103 cm³/mol. The van der Waals surface area contributed by atoms with Gasteiger partial charge in [0.2, 0.25) is 5.91 Å². The first kappa shape index (κ1) is 18.7. The predicted octanol–water partition coefficient (Wildman–Crippen LogP) is 1.51. The first-order valence-corrected chi connectivity index (χ1v) is 9.51. The molecule has 26 heavy (non-hydrogen) atoms. The van der Waals surface area contributed by atoms with Crippen molar-refractivity contribution in [3.63, 3.8) is 0 Å². The molecule has 2 aliphatic rings. The van der Waals surface area contributed by atoms with Crippen LogP contribution in [0, 0.1) is 5.92 Å². The Morgan fingerprint density at radius 2 is 2.12 bits per heavy atom. The summed E-state index contributed by atoms with van der Waals surface area (Å²) in [6, 6.07) is 8.35. The quantitative estimate of drug-likeness (QED) is 0.456. The maximum Gasteiger partial charge on any atom is 0.242 e. The largest absolute Gasteiger partial charge is 0.379 e. The molecule has 0 radical (unpaired) electrons. The fourth-order valence-corrected chi connectivity index (χ4v) is 3.20. The third-order valence-corrected chi connectivity index (χ3v) is 5.08. The molecule has 1 aliphatic heterocycles. The van der Waals surface area contributed by atoms with Crippen LogP contribution in [0.2, 0.25) is 0 Å². The number of rotatable bonds is 7. The van der Waals surface area contributed by atoms with Gasteiger partial charge in [0.05, 0.1) is 13.2 Å². The van der Waals surface area contributed by atoms with Crippen LogP contribution in [-0.2, 0) is 22.5 Å². The molecule has 0 saturated heterocycles. The fourth-order valence-electron chi connectivity index (χ4n) is 3.20. The van der Waals surface area contributed by atoms with Crippen molar-refractivity contribution in [3.05, 3.63) is 35.4 Å². The lowest BCUT2D eigenvalue weighted by Crippen LogP contribution is -2.47. The number of guanidine groups is 1. The van der Waals surface area contributed by atoms with Gasteiger partial charge in [0.25, 0.3) is 0 Å². The van der Waals surface area contributed by atoms with Gasteiger partial charge in [-0.2, -0.15) is 0 Å². The highest BCUT2D eigenvalue weighted by molar-refractivity contribution is 5.86. The van der Waals surface area contributed by atoms with E-state index in [0.29, 0.717) is 13.2 Å². The molecule has 0 bridgehead atoms. The van der Waals surface area contributed by atoms with Crippen LogP contribution >= 0.6 is 0 Å². The zero-order chi connectivity index (χ0) is 18.4. The van der Waals surface area contributed by atoms with Crippen LogP contribution in [0.4, 0.5) is 0 Å². The molecular formula is C20H30N4O2. The molecule has 1 heterocycles. The zero-order valence-corrected chi connectivity index (χ0v) is 15.9. The van der Waals surface area contributed by atoms with Crippen molar-refractivity contribution in [2.75, 3.05) is 46.9 Å². The summed E-state index contributed by atoms with van der Waals surface area (Å²) < 4.78 is 5.68. The number of carbonyl (C=O) groups is 1. The van der Waals surface area contributed by atoms with E-state index >= 15 is 0 Å². The van der Waals surface area contributed by atoms with Gasteiger partial charge in [0.15, 0.2) is 5.96 Å². The Morgan fingerprint density at radius 1 is 1.35 bits per heavy atom. The number of hydrogen-bond acceptors (Lipinski definition) is 3. The van der Waals surface area contributed by atoms with Gasteiger partial charge in [-0.25, -0.2) is 0 Å². The van der Waals surface area contributed by atoms with Crippen molar-refractivity contribution in [3.8, 4) is 0 Å². The van der Waals surface area contributed by atoms with Gasteiger partial charge in [-0.05, 0) is 36.3 Å². The molecule has 1 N–H and O–H groups in total. The first-order chi connectivity index (χ1) is 12.7. The van der Waals surface area contributed by atoms with E-state index in [9.17, 15) is 4.79 Å². The summed E-state index contributed by atoms with van der Waals surface area (Å²) in [5, 5.41) is 3.18. The molecule has 1 aromatic rings. The Balaban J connectivity index is 1.40. The second-order valence-electron chi connectivity index (χ2n) is 7.17. The first-order valence-electron chi connectivity index (χ1n) is 9.51. The number of nitrogens with one attached hydrogen (secondary N) is 1. The molecule has 142 valence electrons. The molecule has 0 spiro atoms. The van der Waals surface area contributed by atoms with Gasteiger partial charge in [-0.15, -0.1) is 0 Å². The molecule has 0 aromatic heterocycles. The van der Waals surface area contributed by atoms with E-state index in [0.717, 1.165) is 38.0 Å². The van der Waals surface area contributed by atoms with Crippen molar-refractivity contribution in [2.24, 2.45) is 10.9 Å². The van der Waals surface area contributed by atoms with Crippen molar-refractivity contribution < 1.29 is 9.53 Å². The average molecular weight is 358 g/mol. The number of carbonyl (C=O) groups excluding carboxylic acids is 1. The van der Waals surface area contributed by atoms with E-state index in [-0.39, 0.29) is 12.5 Å². The Hall–Kier alpha value is -2.08. The summed E-state index contributed by atoms with van der Waals surface area (Å²) >= 11 is 0. The minimum atomic E-state index is 0.110. The standard InChI is InChI=1S/C20H30N4O2/c1-21-20(23(2)11-12-26-15-16-7-8-16)22-13-19(25)24-10-9-17-5-3-4-6-18(17)14-24/h3-6,16H,7-15H2,1-2H3,(H,21,22). The van der Waals surface area contributed by atoms with Crippen molar-refractivity contribution >= 4 is 11.9 Å². The third-order valence-electron chi connectivity index (χ3n) is 5.08. The van der Waals surface area contributed by atoms with Gasteiger partial charge in [-0.3, -0.25) is 9.79 Å². The number of nitrogens with zero attached hydrogens (tertiary/aromatic N) is 3. The lowest BCUT2D eigenvalue weighted by atomic mass is 10.00. The summed E-state index contributed by atoms with van der Waals surface area (Å²) in [6.07, 6.45) is 3.54. The molecule has 1 fully saturated rings. The molecule has 1 aromatic carbocycles. The van der Waals surface area contributed by atoms with Gasteiger partial charge >= 0.3 is 0 Å². The highest BCUT2D eigenvalue weighted by Crippen LogP contribution is 2.28. The molecule has 6 nitrogen and oxygen atoms in total. The van der Waals surface area contributed by atoms with Crippen LogP contribution in [0.25, 0.3) is 0 Å². The summed E-state index contributed by atoms with van der Waals surface area (Å²) in [7, 11) is 3.71. The number of amides is 1. The normalized spacial score (nSPS) is 17.0. The van der Waals surface area contributed by atoms with Gasteiger partial charge in [0, 0.05) is 40.3 Å². The van der Waals surface area contributed by atoms with Crippen LogP contribution in [0.5, 0.6) is 0 Å². The van der Waals surface area contributed by atoms with Crippen LogP contribution in [0.3, 0.4) is 0 Å². The van der Waals surface area contributed by atoms with Gasteiger partial charge < -0.3 is 19.9 Å². The number of fused-ring (bicyclic) bond motifs is 1. The molecule has 6 heteroatoms. The summed E-state index contributed by atoms with van der Waals surface area (Å²) in [6.45, 7) is 4.06. The van der Waals surface area contributed by atoms with Crippen LogP contribution in [0.15, 0.2) is 29.3 Å². The second-order valence-corrected chi connectivity index (χ2v) is 7.17. The van der Waals surface area contributed by atoms with E-state index in [1.807, 2.05) is 22.9 Å². The van der Waals surface area contributed by atoms with E-state index < -0.39 is 0 Å². The average Bonchev–Trinajstić information content (AvgIpc) is 3.49. The summed E-state index contributed by atoms with van der Waals surface area (Å²) in [5.74, 6) is 1.62. The maximum absolute atomic E-state index is 12.6. The number of benzene rings is 1. The minimum Gasteiger partial charge on any atom is -0.379 e. The number of likely N-dealkylation sites (N-methyl/N-ethyl adjacent to an activating group) is 1. The topological polar surface area (TPSA) is 57.2 Å². The van der Waals surface area contributed by atoms with Crippen LogP contribution in [0.1, 0.15) is 24.0 Å². The third kappa shape index (κ3) is 5.21. The molecule has 3 rings (SSSR count).